The molecule has 2 atom stereocenters. The van der Waals surface area contributed by atoms with Crippen molar-refractivity contribution in [2.45, 2.75) is 57.6 Å². The van der Waals surface area contributed by atoms with Gasteiger partial charge in [-0.25, -0.2) is 4.79 Å². The van der Waals surface area contributed by atoms with Gasteiger partial charge in [-0.15, -0.1) is 0 Å². The molecule has 200 valence electrons. The third-order valence-electron chi connectivity index (χ3n) is 7.92. The van der Waals surface area contributed by atoms with Gasteiger partial charge in [-0.05, 0) is 84.1 Å². The van der Waals surface area contributed by atoms with Crippen LogP contribution in [-0.2, 0) is 23.5 Å². The molecule has 3 aliphatic heterocycles. The van der Waals surface area contributed by atoms with E-state index in [0.717, 1.165) is 55.7 Å². The van der Waals surface area contributed by atoms with Gasteiger partial charge in [0.1, 0.15) is 6.10 Å². The minimum atomic E-state index is -4.92. The molecule has 1 amide bonds. The molecule has 3 heterocycles. The van der Waals surface area contributed by atoms with Crippen molar-refractivity contribution in [3.63, 3.8) is 0 Å². The molecule has 1 unspecified atom stereocenters. The molecule has 6 rings (SSSR count). The maximum atomic E-state index is 13.3. The van der Waals surface area contributed by atoms with Gasteiger partial charge < -0.3 is 10.1 Å². The molecule has 10 heteroatoms. The predicted octanol–water partition coefficient (Wildman–Crippen LogP) is 6.84. The smallest absolute Gasteiger partial charge is 0.416 e. The molecule has 0 spiro atoms. The van der Waals surface area contributed by atoms with Crippen LogP contribution >= 0.6 is 0 Å². The first-order chi connectivity index (χ1) is 17.2. The molecule has 4 aliphatic rings. The van der Waals surface area contributed by atoms with Gasteiger partial charge in [-0.1, -0.05) is 32.0 Å². The van der Waals surface area contributed by atoms with Gasteiger partial charge in [-0.3, -0.25) is 4.90 Å². The van der Waals surface area contributed by atoms with E-state index in [1.165, 1.54) is 6.07 Å². The summed E-state index contributed by atoms with van der Waals surface area (Å²) in [5, 5.41) is 2.97. The lowest BCUT2D eigenvalue weighted by atomic mass is 9.85. The number of piperidine rings is 3. The number of alkyl halides is 6. The van der Waals surface area contributed by atoms with Gasteiger partial charge in [0.15, 0.2) is 0 Å². The third-order valence-corrected chi connectivity index (χ3v) is 7.92. The number of nitrogens with zero attached hydrogens (tertiary/aromatic N) is 1. The van der Waals surface area contributed by atoms with Crippen LogP contribution < -0.4 is 5.32 Å². The number of ether oxygens (including phenoxy) is 1. The Hall–Kier alpha value is -2.75. The van der Waals surface area contributed by atoms with Gasteiger partial charge in [0.2, 0.25) is 0 Å². The Morgan fingerprint density at radius 3 is 2.11 bits per heavy atom. The van der Waals surface area contributed by atoms with E-state index in [4.69, 9.17) is 4.74 Å². The molecular weight excluding hydrogens is 498 g/mol. The zero-order valence-electron chi connectivity index (χ0n) is 20.5. The summed E-state index contributed by atoms with van der Waals surface area (Å²) in [5.74, 6) is 0.358. The van der Waals surface area contributed by atoms with Crippen LogP contribution in [0.4, 0.5) is 31.1 Å². The largest absolute Gasteiger partial charge is 0.445 e. The van der Waals surface area contributed by atoms with E-state index in [-0.39, 0.29) is 23.3 Å². The number of hydrogen-bond donors (Lipinski definition) is 1. The molecule has 2 bridgehead atoms. The van der Waals surface area contributed by atoms with Crippen LogP contribution in [0.1, 0.15) is 55.0 Å². The predicted molar refractivity (Wildman–Crippen MR) is 125 cm³/mol. The number of carbonyl (C=O) groups excluding carboxylic acids is 1. The highest BCUT2D eigenvalue weighted by Gasteiger charge is 2.42. The second kappa shape index (κ2) is 8.92. The number of carbonyl (C=O) groups is 1. The van der Waals surface area contributed by atoms with Crippen LogP contribution in [0.2, 0.25) is 0 Å². The minimum absolute atomic E-state index is 0.126. The van der Waals surface area contributed by atoms with Gasteiger partial charge in [0.25, 0.3) is 0 Å². The van der Waals surface area contributed by atoms with Gasteiger partial charge >= 0.3 is 18.4 Å². The van der Waals surface area contributed by atoms with Crippen molar-refractivity contribution < 1.29 is 35.9 Å². The maximum absolute atomic E-state index is 13.3. The summed E-state index contributed by atoms with van der Waals surface area (Å²) in [6.07, 6.45) is -8.00. The van der Waals surface area contributed by atoms with Crippen molar-refractivity contribution in [3.05, 3.63) is 58.7 Å². The molecule has 3 fully saturated rings. The number of nitrogens with one attached hydrogen (secondary N) is 1. The Morgan fingerprint density at radius 2 is 1.57 bits per heavy atom. The quantitative estimate of drug-likeness (QED) is 0.446. The van der Waals surface area contributed by atoms with Crippen LogP contribution in [0, 0.1) is 11.3 Å². The second-order valence-corrected chi connectivity index (χ2v) is 11.0. The molecule has 0 aromatic heterocycles. The number of halogens is 6. The summed E-state index contributed by atoms with van der Waals surface area (Å²) in [5.41, 5.74) is -1.51. The number of hydrogen-bond acceptors (Lipinski definition) is 3. The van der Waals surface area contributed by atoms with E-state index in [9.17, 15) is 31.1 Å². The first kappa shape index (κ1) is 25.9. The molecule has 2 aromatic rings. The molecule has 37 heavy (non-hydrogen) atoms. The highest BCUT2D eigenvalue weighted by atomic mass is 19.4. The minimum Gasteiger partial charge on any atom is -0.445 e. The summed E-state index contributed by atoms with van der Waals surface area (Å²) in [7, 11) is 0. The van der Waals surface area contributed by atoms with Gasteiger partial charge in [0.05, 0.1) is 17.2 Å². The van der Waals surface area contributed by atoms with E-state index in [1.54, 1.807) is 12.1 Å². The van der Waals surface area contributed by atoms with Crippen LogP contribution in [0.15, 0.2) is 36.4 Å². The van der Waals surface area contributed by atoms with Crippen LogP contribution in [0.25, 0.3) is 11.1 Å². The van der Waals surface area contributed by atoms with Crippen LogP contribution in [-0.4, -0.2) is 36.7 Å². The first-order valence-corrected chi connectivity index (χ1v) is 12.3. The van der Waals surface area contributed by atoms with Crippen molar-refractivity contribution in [2.75, 3.05) is 19.6 Å². The second-order valence-electron chi connectivity index (χ2n) is 11.0. The number of benzene rings is 2. The van der Waals surface area contributed by atoms with Crippen molar-refractivity contribution >= 4 is 6.09 Å². The average molecular weight is 527 g/mol. The first-order valence-electron chi connectivity index (χ1n) is 12.3. The van der Waals surface area contributed by atoms with E-state index < -0.39 is 41.0 Å². The Labute approximate surface area is 211 Å². The summed E-state index contributed by atoms with van der Waals surface area (Å²) >= 11 is 0. The van der Waals surface area contributed by atoms with Crippen molar-refractivity contribution in [1.82, 2.24) is 10.2 Å². The highest BCUT2D eigenvalue weighted by Crippen LogP contribution is 2.47. The normalized spacial score (nSPS) is 26.6. The maximum Gasteiger partial charge on any atom is 0.416 e. The molecule has 2 aromatic carbocycles. The molecule has 0 radical (unpaired) electrons. The van der Waals surface area contributed by atoms with Gasteiger partial charge in [0, 0.05) is 6.54 Å². The lowest BCUT2D eigenvalue weighted by Gasteiger charge is -2.44. The standard InChI is InChI=1S/C27H28F6N2O2/c1-25(2)13-18-9-16(17-10-19(26(28,29)30)12-20(11-17)27(31,32)33)3-4-21(18)23(25)34-24(36)37-22-14-35-7-5-15(22)6-8-35/h3-4,9-12,15,22-23H,5-8,13-14H2,1-2H3,(H,34,36)/t22-,23?/m0/s1. The Bertz CT molecular complexity index is 1170. The van der Waals surface area contributed by atoms with Gasteiger partial charge in [-0.2, -0.15) is 26.3 Å². The Kier molecular flexibility index (Phi) is 6.24. The molecular formula is C27H28F6N2O2. The van der Waals surface area contributed by atoms with Crippen LogP contribution in [0.3, 0.4) is 0 Å². The van der Waals surface area contributed by atoms with Crippen LogP contribution in [0.5, 0.6) is 0 Å². The number of rotatable bonds is 3. The third kappa shape index (κ3) is 5.17. The fourth-order valence-electron chi connectivity index (χ4n) is 5.96. The molecule has 1 N–H and O–H groups in total. The number of alkyl carbamates (subject to hydrolysis) is 1. The Balaban J connectivity index is 1.40. The average Bonchev–Trinajstić information content (AvgIpc) is 3.07. The fraction of sp³-hybridized carbons (Fsp3) is 0.519. The molecule has 4 nitrogen and oxygen atoms in total. The lowest BCUT2D eigenvalue weighted by Crippen LogP contribution is -2.53. The summed E-state index contributed by atoms with van der Waals surface area (Å²) < 4.78 is 85.8. The Morgan fingerprint density at radius 1 is 0.946 bits per heavy atom. The van der Waals surface area contributed by atoms with Crippen molar-refractivity contribution in [1.29, 1.82) is 0 Å². The van der Waals surface area contributed by atoms with Crippen molar-refractivity contribution in [2.24, 2.45) is 11.3 Å². The lowest BCUT2D eigenvalue weighted by molar-refractivity contribution is -0.143. The van der Waals surface area contributed by atoms with E-state index in [0.29, 0.717) is 12.3 Å². The topological polar surface area (TPSA) is 41.6 Å². The van der Waals surface area contributed by atoms with E-state index in [1.807, 2.05) is 13.8 Å². The number of fused-ring (bicyclic) bond motifs is 4. The number of amides is 1. The summed E-state index contributed by atoms with van der Waals surface area (Å²) in [6.45, 7) is 6.68. The molecule has 1 aliphatic carbocycles. The van der Waals surface area contributed by atoms with E-state index >= 15 is 0 Å². The highest BCUT2D eigenvalue weighted by molar-refractivity contribution is 5.71. The summed E-state index contributed by atoms with van der Waals surface area (Å²) in [6, 6.07) is 5.98. The zero-order chi connectivity index (χ0) is 26.8. The zero-order valence-corrected chi connectivity index (χ0v) is 20.5. The fourth-order valence-corrected chi connectivity index (χ4v) is 5.96. The molecule has 0 saturated carbocycles. The monoisotopic (exact) mass is 526 g/mol. The SMILES string of the molecule is CC1(C)Cc2cc(-c3cc(C(F)(F)F)cc(C(F)(F)F)c3)ccc2C1NC(=O)O[C@H]1CN2CCC1CC2. The molecule has 3 saturated heterocycles. The van der Waals surface area contributed by atoms with Crippen molar-refractivity contribution in [3.8, 4) is 11.1 Å². The summed E-state index contributed by atoms with van der Waals surface area (Å²) in [4.78, 5) is 15.1. The van der Waals surface area contributed by atoms with E-state index in [2.05, 4.69) is 10.2 Å².